The number of nitro groups is 1. The van der Waals surface area contributed by atoms with Crippen LogP contribution in [0.1, 0.15) is 16.8 Å². The van der Waals surface area contributed by atoms with E-state index in [0.29, 0.717) is 5.56 Å². The van der Waals surface area contributed by atoms with E-state index in [9.17, 15) is 10.1 Å². The highest BCUT2D eigenvalue weighted by Gasteiger charge is 2.21. The molecular weight excluding hydrogens is 272 g/mol. The van der Waals surface area contributed by atoms with Gasteiger partial charge in [-0.05, 0) is 37.1 Å². The Balaban J connectivity index is 2.55. The van der Waals surface area contributed by atoms with E-state index in [-0.39, 0.29) is 28.7 Å². The molecule has 0 saturated carbocycles. The van der Waals surface area contributed by atoms with E-state index < -0.39 is 4.92 Å². The number of nitrogens with one attached hydrogen (secondary N) is 1. The summed E-state index contributed by atoms with van der Waals surface area (Å²) in [5, 5.41) is 18.6. The van der Waals surface area contributed by atoms with Crippen molar-refractivity contribution >= 4 is 11.5 Å². The molecule has 21 heavy (non-hydrogen) atoms. The first-order valence-corrected chi connectivity index (χ1v) is 6.13. The van der Waals surface area contributed by atoms with Crippen molar-refractivity contribution < 1.29 is 9.66 Å². The maximum absolute atomic E-state index is 11.2. The van der Waals surface area contributed by atoms with Gasteiger partial charge in [0, 0.05) is 12.3 Å². The minimum atomic E-state index is -0.501. The lowest BCUT2D eigenvalue weighted by atomic mass is 10.1. The standard InChI is InChI=1S/C14H14N4O3/c1-8-6-9(2)13(10(7-8)18(19)20)21-11-4-3-5-17-12(11)14(15)16/h3-7H,1-2H3,(H3,15,16). The number of benzene rings is 1. The quantitative estimate of drug-likeness (QED) is 0.388. The molecule has 0 aliphatic heterocycles. The molecule has 7 heteroatoms. The number of aromatic nitrogens is 1. The van der Waals surface area contributed by atoms with Crippen LogP contribution in [0.2, 0.25) is 0 Å². The average Bonchev–Trinajstić information content (AvgIpc) is 2.41. The van der Waals surface area contributed by atoms with Gasteiger partial charge in [-0.3, -0.25) is 15.5 Å². The number of hydrogen-bond donors (Lipinski definition) is 2. The molecule has 2 aromatic rings. The van der Waals surface area contributed by atoms with Crippen LogP contribution in [-0.2, 0) is 0 Å². The summed E-state index contributed by atoms with van der Waals surface area (Å²) in [5.41, 5.74) is 6.84. The number of aryl methyl sites for hydroxylation is 2. The van der Waals surface area contributed by atoms with Crippen LogP contribution in [0.5, 0.6) is 11.5 Å². The van der Waals surface area contributed by atoms with E-state index in [1.807, 2.05) is 0 Å². The topological polar surface area (TPSA) is 115 Å². The summed E-state index contributed by atoms with van der Waals surface area (Å²) in [6.07, 6.45) is 1.47. The van der Waals surface area contributed by atoms with Crippen molar-refractivity contribution in [1.29, 1.82) is 5.41 Å². The second-order valence-electron chi connectivity index (χ2n) is 4.55. The van der Waals surface area contributed by atoms with Crippen molar-refractivity contribution in [3.8, 4) is 11.5 Å². The molecule has 1 heterocycles. The molecule has 108 valence electrons. The Labute approximate surface area is 121 Å². The third-order valence-electron chi connectivity index (χ3n) is 2.83. The number of nitrogen functional groups attached to an aromatic ring is 1. The van der Waals surface area contributed by atoms with Crippen molar-refractivity contribution in [2.24, 2.45) is 5.73 Å². The van der Waals surface area contributed by atoms with Crippen LogP contribution >= 0.6 is 0 Å². The van der Waals surface area contributed by atoms with Crippen LogP contribution in [0.3, 0.4) is 0 Å². The molecule has 0 spiro atoms. The zero-order chi connectivity index (χ0) is 15.6. The number of amidine groups is 1. The average molecular weight is 286 g/mol. The smallest absolute Gasteiger partial charge is 0.312 e. The number of nitrogens with zero attached hydrogens (tertiary/aromatic N) is 2. The van der Waals surface area contributed by atoms with E-state index in [4.69, 9.17) is 15.9 Å². The van der Waals surface area contributed by atoms with Gasteiger partial charge in [-0.2, -0.15) is 0 Å². The van der Waals surface area contributed by atoms with E-state index in [0.717, 1.165) is 5.56 Å². The largest absolute Gasteiger partial charge is 0.447 e. The van der Waals surface area contributed by atoms with Gasteiger partial charge in [-0.1, -0.05) is 6.07 Å². The third-order valence-corrected chi connectivity index (χ3v) is 2.83. The molecule has 0 radical (unpaired) electrons. The molecule has 0 bridgehead atoms. The molecule has 0 unspecified atom stereocenters. The lowest BCUT2D eigenvalue weighted by Crippen LogP contribution is -2.14. The molecule has 2 rings (SSSR count). The Kier molecular flexibility index (Phi) is 3.84. The highest BCUT2D eigenvalue weighted by atomic mass is 16.6. The van der Waals surface area contributed by atoms with Crippen LogP contribution in [-0.4, -0.2) is 15.7 Å². The molecule has 7 nitrogen and oxygen atoms in total. The number of rotatable bonds is 4. The minimum Gasteiger partial charge on any atom is -0.447 e. The molecule has 0 fully saturated rings. The van der Waals surface area contributed by atoms with E-state index in [1.165, 1.54) is 12.3 Å². The second kappa shape index (κ2) is 5.58. The van der Waals surface area contributed by atoms with Gasteiger partial charge in [0.1, 0.15) is 11.5 Å². The summed E-state index contributed by atoms with van der Waals surface area (Å²) in [7, 11) is 0. The molecule has 0 saturated heterocycles. The highest BCUT2D eigenvalue weighted by Crippen LogP contribution is 2.36. The van der Waals surface area contributed by atoms with Crippen molar-refractivity contribution in [3.05, 3.63) is 57.4 Å². The lowest BCUT2D eigenvalue weighted by Gasteiger charge is -2.12. The van der Waals surface area contributed by atoms with Crippen LogP contribution in [0.15, 0.2) is 30.5 Å². The summed E-state index contributed by atoms with van der Waals surface area (Å²) < 4.78 is 5.62. The van der Waals surface area contributed by atoms with Crippen molar-refractivity contribution in [3.63, 3.8) is 0 Å². The van der Waals surface area contributed by atoms with Crippen molar-refractivity contribution in [2.45, 2.75) is 13.8 Å². The van der Waals surface area contributed by atoms with E-state index in [1.54, 1.807) is 32.0 Å². The first-order chi connectivity index (χ1) is 9.90. The van der Waals surface area contributed by atoms with Gasteiger partial charge in [0.05, 0.1) is 4.92 Å². The first-order valence-electron chi connectivity index (χ1n) is 6.13. The second-order valence-corrected chi connectivity index (χ2v) is 4.55. The Hall–Kier alpha value is -2.96. The molecule has 0 aliphatic rings. The molecule has 0 aliphatic carbocycles. The molecule has 1 aromatic carbocycles. The Morgan fingerprint density at radius 3 is 2.76 bits per heavy atom. The fourth-order valence-electron chi connectivity index (χ4n) is 1.99. The number of pyridine rings is 1. The molecule has 3 N–H and O–H groups in total. The summed E-state index contributed by atoms with van der Waals surface area (Å²) >= 11 is 0. The predicted octanol–water partition coefficient (Wildman–Crippen LogP) is 2.68. The highest BCUT2D eigenvalue weighted by molar-refractivity contribution is 5.95. The normalized spacial score (nSPS) is 10.2. The molecule has 0 atom stereocenters. The number of nitrogens with two attached hydrogens (primary N) is 1. The fourth-order valence-corrected chi connectivity index (χ4v) is 1.99. The van der Waals surface area contributed by atoms with Crippen molar-refractivity contribution in [2.75, 3.05) is 0 Å². The zero-order valence-corrected chi connectivity index (χ0v) is 11.6. The SMILES string of the molecule is Cc1cc(C)c(Oc2cccnc2C(=N)N)c([N+](=O)[O-])c1. The van der Waals surface area contributed by atoms with Gasteiger partial charge in [0.25, 0.3) is 0 Å². The van der Waals surface area contributed by atoms with Gasteiger partial charge in [0.2, 0.25) is 5.75 Å². The monoisotopic (exact) mass is 286 g/mol. The van der Waals surface area contributed by atoms with Crippen LogP contribution in [0, 0.1) is 29.4 Å². The molecule has 1 aromatic heterocycles. The summed E-state index contributed by atoms with van der Waals surface area (Å²) in [4.78, 5) is 14.6. The van der Waals surface area contributed by atoms with E-state index in [2.05, 4.69) is 4.98 Å². The van der Waals surface area contributed by atoms with E-state index >= 15 is 0 Å². The van der Waals surface area contributed by atoms with Crippen LogP contribution in [0.4, 0.5) is 5.69 Å². The lowest BCUT2D eigenvalue weighted by molar-refractivity contribution is -0.385. The maximum atomic E-state index is 11.2. The van der Waals surface area contributed by atoms with Crippen molar-refractivity contribution in [1.82, 2.24) is 4.98 Å². The van der Waals surface area contributed by atoms with Gasteiger partial charge in [0.15, 0.2) is 5.75 Å². The van der Waals surface area contributed by atoms with Gasteiger partial charge >= 0.3 is 5.69 Å². The predicted molar refractivity (Wildman–Crippen MR) is 77.9 cm³/mol. The number of ether oxygens (including phenoxy) is 1. The van der Waals surface area contributed by atoms with Crippen LogP contribution < -0.4 is 10.5 Å². The summed E-state index contributed by atoms with van der Waals surface area (Å²) in [6.45, 7) is 3.49. The third kappa shape index (κ3) is 2.97. The minimum absolute atomic E-state index is 0.126. The summed E-state index contributed by atoms with van der Waals surface area (Å²) in [5.74, 6) is 0.0687. The van der Waals surface area contributed by atoms with Crippen LogP contribution in [0.25, 0.3) is 0 Å². The number of hydrogen-bond acceptors (Lipinski definition) is 5. The summed E-state index contributed by atoms with van der Waals surface area (Å²) in [6, 6.07) is 6.39. The van der Waals surface area contributed by atoms with Gasteiger partial charge in [-0.25, -0.2) is 4.98 Å². The maximum Gasteiger partial charge on any atom is 0.312 e. The Morgan fingerprint density at radius 1 is 1.43 bits per heavy atom. The van der Waals surface area contributed by atoms with Gasteiger partial charge < -0.3 is 10.5 Å². The fraction of sp³-hybridized carbons (Fsp3) is 0.143. The van der Waals surface area contributed by atoms with Gasteiger partial charge in [-0.15, -0.1) is 0 Å². The Morgan fingerprint density at radius 2 is 2.14 bits per heavy atom. The molecule has 0 amide bonds. The first kappa shape index (κ1) is 14.4. The Bertz CT molecular complexity index is 728. The molecular formula is C14H14N4O3. The zero-order valence-electron chi connectivity index (χ0n) is 11.6. The number of nitro benzene ring substituents is 1.